The van der Waals surface area contributed by atoms with Crippen molar-refractivity contribution in [2.24, 2.45) is 4.52 Å². The maximum Gasteiger partial charge on any atom is 0.447 e. The monoisotopic (exact) mass is 783 g/mol. The highest BCUT2D eigenvalue weighted by Crippen LogP contribution is 2.78. The molecule has 2 atom stereocenters. The Morgan fingerprint density at radius 1 is 0.463 bits per heavy atom. The van der Waals surface area contributed by atoms with E-state index in [-0.39, 0.29) is 37.1 Å². The number of rotatable bonds is 15. The summed E-state index contributed by atoms with van der Waals surface area (Å²) in [4.78, 5) is 13.5. The second-order valence-electron chi connectivity index (χ2n) is 11.4. The van der Waals surface area contributed by atoms with Crippen molar-refractivity contribution < 1.29 is 43.1 Å². The molecule has 0 spiro atoms. The van der Waals surface area contributed by atoms with E-state index in [1.54, 1.807) is 109 Å². The van der Waals surface area contributed by atoms with E-state index < -0.39 is 24.6 Å². The number of hydrogen-bond acceptors (Lipinski definition) is 12. The first kappa shape index (κ1) is 37.3. The summed E-state index contributed by atoms with van der Waals surface area (Å²) < 4.78 is 35.6. The van der Waals surface area contributed by atoms with Crippen LogP contribution in [0.4, 0.5) is 0 Å². The van der Waals surface area contributed by atoms with Crippen LogP contribution in [0.3, 0.4) is 0 Å². The second-order valence-corrected chi connectivity index (χ2v) is 16.9. The van der Waals surface area contributed by atoms with Crippen molar-refractivity contribution in [2.75, 3.05) is 0 Å². The van der Waals surface area contributed by atoms with Crippen LogP contribution in [-0.4, -0.2) is 24.5 Å². The minimum Gasteiger partial charge on any atom is -0.440 e. The van der Waals surface area contributed by atoms with Crippen LogP contribution in [0.25, 0.3) is 0 Å². The summed E-state index contributed by atoms with van der Waals surface area (Å²) in [6.07, 6.45) is 0. The molecule has 276 valence electrons. The Morgan fingerprint density at radius 2 is 0.870 bits per heavy atom. The average Bonchev–Trinajstić information content (AvgIpc) is 3.22. The highest BCUT2D eigenvalue weighted by atomic mass is 31.3. The normalized spacial score (nSPS) is 16.8. The van der Waals surface area contributed by atoms with Gasteiger partial charge in [-0.25, -0.2) is 0 Å². The molecule has 6 aromatic carbocycles. The quantitative estimate of drug-likeness (QED) is 0.0860. The van der Waals surface area contributed by atoms with E-state index >= 15 is 0 Å². The summed E-state index contributed by atoms with van der Waals surface area (Å²) in [7, 11) is -8.74. The fraction of sp³-hybridized carbons (Fsp3) is 0.0769. The molecule has 2 unspecified atom stereocenters. The molecule has 0 amide bonds. The van der Waals surface area contributed by atoms with Gasteiger partial charge in [-0.1, -0.05) is 109 Å². The molecular weight excluding hydrogens is 747 g/mol. The topological polar surface area (TPSA) is 135 Å². The fourth-order valence-corrected chi connectivity index (χ4v) is 12.6. The SMILES string of the molecule is OCc1ccccc1ON1P(Oc2ccccc2)N(Oc2ccccc2)P(Oc2ccccc2)N=P1(Oc1ccccc1CO)Oc1ccccc1CO. The van der Waals surface area contributed by atoms with Crippen LogP contribution in [0.15, 0.2) is 168 Å². The Bertz CT molecular complexity index is 2120. The molecule has 15 heteroatoms. The predicted molar refractivity (Wildman–Crippen MR) is 207 cm³/mol. The Labute approximate surface area is 315 Å². The molecule has 0 saturated carbocycles. The van der Waals surface area contributed by atoms with E-state index in [4.69, 9.17) is 32.3 Å². The summed E-state index contributed by atoms with van der Waals surface area (Å²) in [5, 5.41) is 31.3. The van der Waals surface area contributed by atoms with Gasteiger partial charge in [0.15, 0.2) is 5.75 Å². The molecule has 1 aliphatic heterocycles. The van der Waals surface area contributed by atoms with Gasteiger partial charge >= 0.3 is 24.6 Å². The summed E-state index contributed by atoms with van der Waals surface area (Å²) >= 11 is 0. The van der Waals surface area contributed by atoms with Crippen molar-refractivity contribution >= 4 is 24.6 Å². The van der Waals surface area contributed by atoms with Crippen LogP contribution >= 0.6 is 24.6 Å². The first-order chi connectivity index (χ1) is 26.6. The van der Waals surface area contributed by atoms with E-state index in [9.17, 15) is 15.3 Å². The third-order valence-corrected chi connectivity index (χ3v) is 14.5. The van der Waals surface area contributed by atoms with Gasteiger partial charge in [0.05, 0.1) is 19.8 Å². The van der Waals surface area contributed by atoms with Crippen LogP contribution in [-0.2, 0) is 19.8 Å². The summed E-state index contributed by atoms with van der Waals surface area (Å²) in [5.74, 6) is 2.16. The van der Waals surface area contributed by atoms with Crippen LogP contribution in [0, 0.1) is 0 Å². The van der Waals surface area contributed by atoms with Crippen LogP contribution in [0.5, 0.6) is 34.5 Å². The highest BCUT2D eigenvalue weighted by molar-refractivity contribution is 7.78. The second kappa shape index (κ2) is 17.9. The smallest absolute Gasteiger partial charge is 0.440 e. The Morgan fingerprint density at radius 3 is 1.37 bits per heavy atom. The highest BCUT2D eigenvalue weighted by Gasteiger charge is 2.58. The number of hydrogen-bond donors (Lipinski definition) is 3. The third kappa shape index (κ3) is 8.69. The molecule has 0 fully saturated rings. The minimum atomic E-state index is -4.13. The van der Waals surface area contributed by atoms with E-state index in [0.717, 1.165) is 0 Å². The molecule has 0 radical (unpaired) electrons. The van der Waals surface area contributed by atoms with Gasteiger partial charge < -0.3 is 43.1 Å². The predicted octanol–water partition coefficient (Wildman–Crippen LogP) is 9.78. The molecule has 6 aromatic rings. The molecule has 1 aliphatic rings. The van der Waals surface area contributed by atoms with Crippen molar-refractivity contribution in [1.29, 1.82) is 0 Å². The standard InChI is InChI=1S/C39H36N3O9P3/c43-28-31-16-10-13-25-37(31)47-42-53(49-36-23-8-3-9-24-36)41(46-34-19-4-1-5-20-34)52(48-35-21-6-2-7-22-35)40-54(42,50-38-26-14-11-17-32(38)29-44)51-39-27-15-12-18-33(39)30-45/h1-27,43-45H,28-30H2. The zero-order valence-electron chi connectivity index (χ0n) is 28.7. The van der Waals surface area contributed by atoms with Crippen LogP contribution < -0.4 is 27.8 Å². The summed E-state index contributed by atoms with van der Waals surface area (Å²) in [6, 6.07) is 48.3. The third-order valence-electron chi connectivity index (χ3n) is 7.68. The van der Waals surface area contributed by atoms with Crippen molar-refractivity contribution in [3.63, 3.8) is 0 Å². The fourth-order valence-electron chi connectivity index (χ4n) is 5.04. The van der Waals surface area contributed by atoms with E-state index in [1.165, 1.54) is 9.21 Å². The molecule has 3 N–H and O–H groups in total. The van der Waals surface area contributed by atoms with Crippen molar-refractivity contribution in [1.82, 2.24) is 9.21 Å². The number of benzene rings is 6. The number of para-hydroxylation sites is 6. The first-order valence-electron chi connectivity index (χ1n) is 16.7. The van der Waals surface area contributed by atoms with E-state index in [2.05, 4.69) is 0 Å². The van der Waals surface area contributed by atoms with Crippen LogP contribution in [0.2, 0.25) is 0 Å². The minimum absolute atomic E-state index is 0.254. The lowest BCUT2D eigenvalue weighted by atomic mass is 10.2. The first-order valence-corrected chi connectivity index (χ1v) is 20.6. The van der Waals surface area contributed by atoms with Crippen molar-refractivity contribution in [3.05, 3.63) is 180 Å². The van der Waals surface area contributed by atoms with Gasteiger partial charge in [-0.3, -0.25) is 0 Å². The average molecular weight is 784 g/mol. The molecule has 54 heavy (non-hydrogen) atoms. The molecule has 0 aromatic heterocycles. The van der Waals surface area contributed by atoms with Crippen molar-refractivity contribution in [2.45, 2.75) is 19.8 Å². The molecule has 0 aliphatic carbocycles. The lowest BCUT2D eigenvalue weighted by Gasteiger charge is -2.44. The van der Waals surface area contributed by atoms with Gasteiger partial charge in [0, 0.05) is 25.9 Å². The van der Waals surface area contributed by atoms with Gasteiger partial charge in [0.2, 0.25) is 0 Å². The number of aliphatic hydroxyl groups is 3. The van der Waals surface area contributed by atoms with Gasteiger partial charge in [-0.05, 0) is 54.6 Å². The summed E-state index contributed by atoms with van der Waals surface area (Å²) in [6.45, 7) is -1.06. The maximum atomic E-state index is 10.5. The lowest BCUT2D eigenvalue weighted by molar-refractivity contribution is 0.0527. The van der Waals surface area contributed by atoms with Crippen molar-refractivity contribution in [3.8, 4) is 34.5 Å². The zero-order valence-corrected chi connectivity index (χ0v) is 31.4. The van der Waals surface area contributed by atoms with E-state index in [0.29, 0.717) is 33.9 Å². The molecular formula is C39H36N3O9P3. The molecule has 0 saturated heterocycles. The molecule has 7 rings (SSSR count). The molecule has 0 bridgehead atoms. The maximum absolute atomic E-state index is 10.5. The van der Waals surface area contributed by atoms with Gasteiger partial charge in [-0.2, -0.15) is 0 Å². The van der Waals surface area contributed by atoms with Crippen LogP contribution in [0.1, 0.15) is 16.7 Å². The Balaban J connectivity index is 1.53. The molecule has 1 heterocycles. The Hall–Kier alpha value is -4.99. The Kier molecular flexibility index (Phi) is 12.4. The largest absolute Gasteiger partial charge is 0.447 e. The van der Waals surface area contributed by atoms with Gasteiger partial charge in [0.1, 0.15) is 28.7 Å². The number of aliphatic hydroxyl groups excluding tert-OH is 3. The lowest BCUT2D eigenvalue weighted by Crippen LogP contribution is -2.37. The van der Waals surface area contributed by atoms with Gasteiger partial charge in [-0.15, -0.1) is 4.52 Å². The number of nitrogens with zero attached hydrogens (tertiary/aromatic N) is 3. The summed E-state index contributed by atoms with van der Waals surface area (Å²) in [5.41, 5.74) is 1.36. The van der Waals surface area contributed by atoms with Gasteiger partial charge in [0.25, 0.3) is 0 Å². The zero-order chi connectivity index (χ0) is 37.2. The van der Waals surface area contributed by atoms with E-state index in [1.807, 2.05) is 54.6 Å². The molecule has 12 nitrogen and oxygen atoms in total.